The zero-order valence-electron chi connectivity index (χ0n) is 7.98. The quantitative estimate of drug-likeness (QED) is 0.644. The first-order valence-electron chi connectivity index (χ1n) is 3.87. The molecule has 13 heavy (non-hydrogen) atoms. The Bertz CT molecular complexity index is 331. The van der Waals surface area contributed by atoms with Crippen LogP contribution >= 0.6 is 11.8 Å². The lowest BCUT2D eigenvalue weighted by atomic mass is 10.7. The average Bonchev–Trinajstić information content (AvgIpc) is 2.41. The molecule has 0 spiro atoms. The van der Waals surface area contributed by atoms with Crippen LogP contribution in [0.5, 0.6) is 0 Å². The van der Waals surface area contributed by atoms with E-state index in [4.69, 9.17) is 4.74 Å². The van der Waals surface area contributed by atoms with Crippen LogP contribution in [0.15, 0.2) is 9.95 Å². The fraction of sp³-hybridized carbons (Fsp3) is 0.714. The Morgan fingerprint density at radius 1 is 1.62 bits per heavy atom. The van der Waals surface area contributed by atoms with Gasteiger partial charge in [0.25, 0.3) is 0 Å². The normalized spacial score (nSPS) is 10.7. The molecule has 0 N–H and O–H groups in total. The number of thioether (sulfide) groups is 1. The van der Waals surface area contributed by atoms with Crippen LogP contribution in [0.4, 0.5) is 0 Å². The summed E-state index contributed by atoms with van der Waals surface area (Å²) in [4.78, 5) is 11.4. The van der Waals surface area contributed by atoms with Gasteiger partial charge >= 0.3 is 5.69 Å². The molecule has 0 amide bonds. The van der Waals surface area contributed by atoms with Crippen molar-refractivity contribution in [2.45, 2.75) is 11.7 Å². The van der Waals surface area contributed by atoms with Crippen LogP contribution in [0, 0.1) is 0 Å². The molecule has 0 aromatic carbocycles. The maximum atomic E-state index is 11.4. The van der Waals surface area contributed by atoms with Crippen molar-refractivity contribution in [2.24, 2.45) is 7.05 Å². The molecular weight excluding hydrogens is 190 g/mol. The standard InChI is InChI=1S/C7H13N3O2S/c1-9-6(13-3)8-10(7(9)11)4-5-12-2/h4-5H2,1-3H3. The number of nitrogens with zero attached hydrogens (tertiary/aromatic N) is 3. The zero-order valence-corrected chi connectivity index (χ0v) is 8.80. The van der Waals surface area contributed by atoms with Crippen molar-refractivity contribution >= 4 is 11.8 Å². The van der Waals surface area contributed by atoms with Crippen molar-refractivity contribution in [3.05, 3.63) is 10.5 Å². The summed E-state index contributed by atoms with van der Waals surface area (Å²) in [6.07, 6.45) is 1.89. The molecule has 74 valence electrons. The van der Waals surface area contributed by atoms with Crippen LogP contribution < -0.4 is 5.69 Å². The third-order valence-electron chi connectivity index (χ3n) is 1.69. The summed E-state index contributed by atoms with van der Waals surface area (Å²) in [6.45, 7) is 1.01. The van der Waals surface area contributed by atoms with Gasteiger partial charge in [0.1, 0.15) is 0 Å². The highest BCUT2D eigenvalue weighted by Gasteiger charge is 2.07. The molecular formula is C7H13N3O2S. The van der Waals surface area contributed by atoms with Gasteiger partial charge in [-0.25, -0.2) is 9.48 Å². The third-order valence-corrected chi connectivity index (χ3v) is 2.41. The van der Waals surface area contributed by atoms with Crippen molar-refractivity contribution in [2.75, 3.05) is 20.0 Å². The van der Waals surface area contributed by atoms with Gasteiger partial charge in [0.15, 0.2) is 5.16 Å². The van der Waals surface area contributed by atoms with Gasteiger partial charge in [0, 0.05) is 14.2 Å². The molecule has 1 heterocycles. The number of hydrogen-bond acceptors (Lipinski definition) is 4. The number of rotatable bonds is 4. The lowest BCUT2D eigenvalue weighted by molar-refractivity contribution is 0.182. The van der Waals surface area contributed by atoms with E-state index in [1.807, 2.05) is 6.26 Å². The molecule has 5 nitrogen and oxygen atoms in total. The summed E-state index contributed by atoms with van der Waals surface area (Å²) in [5.74, 6) is 0. The molecule has 0 saturated carbocycles. The molecule has 0 radical (unpaired) electrons. The van der Waals surface area contributed by atoms with Gasteiger partial charge in [-0.2, -0.15) is 0 Å². The fourth-order valence-electron chi connectivity index (χ4n) is 0.969. The molecule has 0 saturated heterocycles. The van der Waals surface area contributed by atoms with Gasteiger partial charge in [0.05, 0.1) is 13.2 Å². The summed E-state index contributed by atoms with van der Waals surface area (Å²) in [6, 6.07) is 0. The molecule has 0 fully saturated rings. The highest BCUT2D eigenvalue weighted by Crippen LogP contribution is 2.06. The molecule has 0 aliphatic heterocycles. The van der Waals surface area contributed by atoms with E-state index in [0.29, 0.717) is 13.2 Å². The highest BCUT2D eigenvalue weighted by molar-refractivity contribution is 7.98. The first kappa shape index (κ1) is 10.3. The van der Waals surface area contributed by atoms with Crippen molar-refractivity contribution in [3.63, 3.8) is 0 Å². The minimum Gasteiger partial charge on any atom is -0.383 e. The summed E-state index contributed by atoms with van der Waals surface area (Å²) < 4.78 is 7.81. The summed E-state index contributed by atoms with van der Waals surface area (Å²) >= 11 is 1.45. The number of ether oxygens (including phenoxy) is 1. The first-order valence-corrected chi connectivity index (χ1v) is 5.10. The second kappa shape index (κ2) is 4.48. The Labute approximate surface area is 80.7 Å². The lowest BCUT2D eigenvalue weighted by Gasteiger charge is -1.95. The highest BCUT2D eigenvalue weighted by atomic mass is 32.2. The van der Waals surface area contributed by atoms with Crippen molar-refractivity contribution in [3.8, 4) is 0 Å². The summed E-state index contributed by atoms with van der Waals surface area (Å²) in [5.41, 5.74) is -0.0959. The van der Waals surface area contributed by atoms with Crippen LogP contribution in [-0.4, -0.2) is 34.3 Å². The van der Waals surface area contributed by atoms with Gasteiger partial charge in [0.2, 0.25) is 0 Å². The van der Waals surface area contributed by atoms with Gasteiger partial charge in [-0.1, -0.05) is 11.8 Å². The minimum absolute atomic E-state index is 0.0959. The molecule has 0 aliphatic rings. The predicted molar refractivity (Wildman–Crippen MR) is 51.1 cm³/mol. The largest absolute Gasteiger partial charge is 0.383 e. The van der Waals surface area contributed by atoms with Gasteiger partial charge in [-0.15, -0.1) is 5.10 Å². The Balaban J connectivity index is 2.89. The Morgan fingerprint density at radius 3 is 2.77 bits per heavy atom. The van der Waals surface area contributed by atoms with Crippen molar-refractivity contribution in [1.29, 1.82) is 0 Å². The third kappa shape index (κ3) is 2.13. The smallest absolute Gasteiger partial charge is 0.346 e. The van der Waals surface area contributed by atoms with Crippen molar-refractivity contribution < 1.29 is 4.74 Å². The lowest BCUT2D eigenvalue weighted by Crippen LogP contribution is -2.24. The number of hydrogen-bond donors (Lipinski definition) is 0. The first-order chi connectivity index (χ1) is 6.20. The van der Waals surface area contributed by atoms with E-state index in [1.54, 1.807) is 14.2 Å². The fourth-order valence-corrected chi connectivity index (χ4v) is 1.50. The van der Waals surface area contributed by atoms with E-state index >= 15 is 0 Å². The zero-order chi connectivity index (χ0) is 9.84. The molecule has 0 bridgehead atoms. The van der Waals surface area contributed by atoms with Crippen LogP contribution in [0.1, 0.15) is 0 Å². The van der Waals surface area contributed by atoms with E-state index in [0.717, 1.165) is 5.16 Å². The summed E-state index contributed by atoms with van der Waals surface area (Å²) in [5, 5.41) is 4.84. The van der Waals surface area contributed by atoms with Gasteiger partial charge in [-0.05, 0) is 6.26 Å². The predicted octanol–water partition coefficient (Wildman–Crippen LogP) is -0.0499. The number of methoxy groups -OCH3 is 1. The monoisotopic (exact) mass is 203 g/mol. The topological polar surface area (TPSA) is 49.0 Å². The maximum absolute atomic E-state index is 11.4. The van der Waals surface area contributed by atoms with Crippen LogP contribution in [0.25, 0.3) is 0 Å². The summed E-state index contributed by atoms with van der Waals surface area (Å²) in [7, 11) is 3.31. The van der Waals surface area contributed by atoms with E-state index in [9.17, 15) is 4.79 Å². The number of aromatic nitrogens is 3. The second-order valence-electron chi connectivity index (χ2n) is 2.54. The molecule has 1 rings (SSSR count). The molecule has 1 aromatic heterocycles. The van der Waals surface area contributed by atoms with E-state index in [-0.39, 0.29) is 5.69 Å². The molecule has 1 aromatic rings. The van der Waals surface area contributed by atoms with Crippen LogP contribution in [0.2, 0.25) is 0 Å². The average molecular weight is 203 g/mol. The van der Waals surface area contributed by atoms with Gasteiger partial charge in [-0.3, -0.25) is 4.57 Å². The van der Waals surface area contributed by atoms with Crippen molar-refractivity contribution in [1.82, 2.24) is 14.3 Å². The minimum atomic E-state index is -0.0959. The Morgan fingerprint density at radius 2 is 2.31 bits per heavy atom. The Kier molecular flexibility index (Phi) is 3.56. The van der Waals surface area contributed by atoms with E-state index in [2.05, 4.69) is 5.10 Å². The maximum Gasteiger partial charge on any atom is 0.346 e. The molecule has 6 heteroatoms. The SMILES string of the molecule is COCCn1nc(SC)n(C)c1=O. The Hall–Kier alpha value is -0.750. The molecule has 0 aliphatic carbocycles. The second-order valence-corrected chi connectivity index (χ2v) is 3.32. The van der Waals surface area contributed by atoms with E-state index in [1.165, 1.54) is 21.0 Å². The van der Waals surface area contributed by atoms with E-state index < -0.39 is 0 Å². The van der Waals surface area contributed by atoms with Gasteiger partial charge < -0.3 is 4.74 Å². The van der Waals surface area contributed by atoms with Crippen LogP contribution in [-0.2, 0) is 18.3 Å². The van der Waals surface area contributed by atoms with Crippen LogP contribution in [0.3, 0.4) is 0 Å². The molecule has 0 unspecified atom stereocenters. The molecule has 0 atom stereocenters.